The van der Waals surface area contributed by atoms with Gasteiger partial charge in [0.25, 0.3) is 0 Å². The Morgan fingerprint density at radius 1 is 0.533 bits per heavy atom. The number of hydrogen-bond donors (Lipinski definition) is 0. The second-order valence-electron chi connectivity index (χ2n) is 13.3. The number of benzene rings is 4. The summed E-state index contributed by atoms with van der Waals surface area (Å²) in [5.41, 5.74) is 8.98. The summed E-state index contributed by atoms with van der Waals surface area (Å²) >= 11 is 0. The average molecular weight is 599 g/mol. The summed E-state index contributed by atoms with van der Waals surface area (Å²) in [7, 11) is 0. The second-order valence-corrected chi connectivity index (χ2v) is 13.3. The highest BCUT2D eigenvalue weighted by atomic mass is 16.5. The van der Waals surface area contributed by atoms with Crippen molar-refractivity contribution in [3.05, 3.63) is 143 Å². The minimum absolute atomic E-state index is 0.304. The monoisotopic (exact) mass is 598 g/mol. The van der Waals surface area contributed by atoms with Crippen LogP contribution in [-0.4, -0.2) is 13.0 Å². The van der Waals surface area contributed by atoms with Crippen molar-refractivity contribution in [3.8, 4) is 0 Å². The zero-order valence-corrected chi connectivity index (χ0v) is 28.1. The molecular formula is C40H47BN2O2. The first-order chi connectivity index (χ1) is 21.6. The molecule has 4 aromatic carbocycles. The topological polar surface area (TPSA) is 32.8 Å². The molecule has 4 nitrogen and oxygen atoms in total. The Bertz CT molecular complexity index is 1500. The molecule has 1 aliphatic rings. The van der Waals surface area contributed by atoms with Crippen LogP contribution >= 0.6 is 0 Å². The molecule has 5 rings (SSSR count). The van der Waals surface area contributed by atoms with E-state index in [1.54, 1.807) is 0 Å². The van der Waals surface area contributed by atoms with Crippen molar-refractivity contribution in [1.82, 2.24) is 0 Å². The average Bonchev–Trinajstić information content (AvgIpc) is 3.47. The molecule has 0 saturated carbocycles. The number of anilines is 2. The molecule has 232 valence electrons. The molecule has 1 atom stereocenters. The molecule has 0 aromatic heterocycles. The summed E-state index contributed by atoms with van der Waals surface area (Å²) in [6, 6.07) is 32.3. The molecule has 1 aliphatic heterocycles. The summed E-state index contributed by atoms with van der Waals surface area (Å²) in [6.07, 6.45) is 4.40. The minimum Gasteiger partial charge on any atom is -0.458 e. The molecule has 0 amide bonds. The molecule has 0 aliphatic carbocycles. The van der Waals surface area contributed by atoms with Gasteiger partial charge in [-0.05, 0) is 63.6 Å². The second kappa shape index (κ2) is 13.8. The Hall–Kier alpha value is -4.25. The molecule has 0 N–H and O–H groups in total. The van der Waals surface area contributed by atoms with Crippen molar-refractivity contribution < 1.29 is 9.53 Å². The SMILES string of the molecule is CC(C)c1cccc(C(C)C)c1N1C=CN(c2c(C(C)C)cccc2C(C)C)B1C(OC(=O)c1ccccc1)c1ccccc1. The number of nitrogens with zero attached hydrogens (tertiary/aromatic N) is 2. The van der Waals surface area contributed by atoms with Crippen molar-refractivity contribution in [2.24, 2.45) is 0 Å². The van der Waals surface area contributed by atoms with Crippen LogP contribution in [0, 0.1) is 0 Å². The highest BCUT2D eigenvalue weighted by Gasteiger charge is 2.47. The lowest BCUT2D eigenvalue weighted by atomic mass is 9.62. The van der Waals surface area contributed by atoms with Crippen molar-refractivity contribution in [1.29, 1.82) is 0 Å². The molecule has 5 heteroatoms. The zero-order chi connectivity index (χ0) is 32.2. The fourth-order valence-corrected chi connectivity index (χ4v) is 6.48. The van der Waals surface area contributed by atoms with Crippen LogP contribution in [0.1, 0.15) is 123 Å². The normalized spacial score (nSPS) is 13.9. The van der Waals surface area contributed by atoms with E-state index in [0.29, 0.717) is 29.2 Å². The van der Waals surface area contributed by atoms with Gasteiger partial charge in [0.05, 0.1) is 5.56 Å². The molecule has 45 heavy (non-hydrogen) atoms. The highest BCUT2D eigenvalue weighted by molar-refractivity contribution is 6.70. The molecule has 1 unspecified atom stereocenters. The van der Waals surface area contributed by atoms with Gasteiger partial charge >= 0.3 is 13.0 Å². The summed E-state index contributed by atoms with van der Waals surface area (Å²) in [5, 5.41) is 0. The van der Waals surface area contributed by atoms with E-state index in [9.17, 15) is 4.79 Å². The molecule has 0 fully saturated rings. The van der Waals surface area contributed by atoms with Crippen molar-refractivity contribution in [2.45, 2.75) is 85.1 Å². The predicted molar refractivity (Wildman–Crippen MR) is 190 cm³/mol. The Labute approximate surface area is 270 Å². The summed E-state index contributed by atoms with van der Waals surface area (Å²) in [5.74, 6) is 0.880. The van der Waals surface area contributed by atoms with Gasteiger partial charge in [0.15, 0.2) is 0 Å². The standard InChI is InChI=1S/C40H47BN2O2/c1-27(2)33-21-15-22-34(28(3)4)37(33)42-25-26-43(38-35(29(5)6)23-16-24-36(38)30(7)8)41(42)39(31-17-11-9-12-18-31)45-40(44)32-19-13-10-14-20-32/h9-30,39H,1-8H3. The number of ether oxygens (including phenoxy) is 1. The van der Waals surface area contributed by atoms with Crippen molar-refractivity contribution >= 4 is 24.3 Å². The van der Waals surface area contributed by atoms with Crippen LogP contribution in [0.25, 0.3) is 0 Å². The van der Waals surface area contributed by atoms with Crippen molar-refractivity contribution in [3.63, 3.8) is 0 Å². The molecule has 0 spiro atoms. The van der Waals surface area contributed by atoms with E-state index < -0.39 is 6.00 Å². The van der Waals surface area contributed by atoms with Gasteiger partial charge in [-0.1, -0.05) is 140 Å². The van der Waals surface area contributed by atoms with Crippen molar-refractivity contribution in [2.75, 3.05) is 9.62 Å². The number of carbonyl (C=O) groups is 1. The van der Waals surface area contributed by atoms with E-state index in [4.69, 9.17) is 4.74 Å². The largest absolute Gasteiger partial charge is 0.458 e. The summed E-state index contributed by atoms with van der Waals surface area (Å²) < 4.78 is 6.65. The first-order valence-corrected chi connectivity index (χ1v) is 16.4. The molecular weight excluding hydrogens is 551 g/mol. The number of rotatable bonds is 10. The first kappa shape index (κ1) is 32.2. The third-order valence-corrected chi connectivity index (χ3v) is 8.80. The van der Waals surface area contributed by atoms with E-state index in [1.807, 2.05) is 48.5 Å². The Morgan fingerprint density at radius 2 is 0.911 bits per heavy atom. The molecule has 4 aromatic rings. The fraction of sp³-hybridized carbons (Fsp3) is 0.325. The number of carbonyl (C=O) groups excluding carboxylic acids is 1. The van der Waals surface area contributed by atoms with E-state index in [0.717, 1.165) is 5.56 Å². The van der Waals surface area contributed by atoms with E-state index in [2.05, 4.69) is 126 Å². The van der Waals surface area contributed by atoms with E-state index in [-0.39, 0.29) is 13.0 Å². The van der Waals surface area contributed by atoms with E-state index >= 15 is 0 Å². The van der Waals surface area contributed by atoms with Crippen LogP contribution in [0.15, 0.2) is 109 Å². The number of esters is 1. The van der Waals surface area contributed by atoms with Gasteiger partial charge in [0.1, 0.15) is 6.00 Å². The van der Waals surface area contributed by atoms with Crippen LogP contribution < -0.4 is 9.62 Å². The first-order valence-electron chi connectivity index (χ1n) is 16.4. The van der Waals surface area contributed by atoms with Crippen LogP contribution in [0.4, 0.5) is 11.4 Å². The molecule has 0 saturated heterocycles. The maximum atomic E-state index is 13.9. The maximum Gasteiger partial charge on any atom is 0.432 e. The Balaban J connectivity index is 1.79. The number of para-hydroxylation sites is 2. The summed E-state index contributed by atoms with van der Waals surface area (Å²) in [4.78, 5) is 18.6. The lowest BCUT2D eigenvalue weighted by Crippen LogP contribution is -2.51. The third kappa shape index (κ3) is 6.59. The third-order valence-electron chi connectivity index (χ3n) is 8.80. The van der Waals surface area contributed by atoms with Gasteiger partial charge in [-0.25, -0.2) is 4.79 Å². The van der Waals surface area contributed by atoms with Crippen LogP contribution in [-0.2, 0) is 4.74 Å². The van der Waals surface area contributed by atoms with Gasteiger partial charge in [0.2, 0.25) is 0 Å². The molecule has 1 heterocycles. The quantitative estimate of drug-likeness (QED) is 0.134. The van der Waals surface area contributed by atoms with Gasteiger partial charge in [-0.3, -0.25) is 0 Å². The van der Waals surface area contributed by atoms with Crippen LogP contribution in [0.2, 0.25) is 0 Å². The van der Waals surface area contributed by atoms with Crippen LogP contribution in [0.3, 0.4) is 0 Å². The van der Waals surface area contributed by atoms with Gasteiger partial charge < -0.3 is 14.4 Å². The Morgan fingerprint density at radius 3 is 1.29 bits per heavy atom. The van der Waals surface area contributed by atoms with Gasteiger partial charge in [-0.2, -0.15) is 0 Å². The molecule has 0 bridgehead atoms. The van der Waals surface area contributed by atoms with E-state index in [1.165, 1.54) is 33.6 Å². The maximum absolute atomic E-state index is 13.9. The Kier molecular flexibility index (Phi) is 9.87. The number of hydrogen-bond acceptors (Lipinski definition) is 4. The zero-order valence-electron chi connectivity index (χ0n) is 28.1. The fourth-order valence-electron chi connectivity index (χ4n) is 6.48. The minimum atomic E-state index is -0.602. The smallest absolute Gasteiger partial charge is 0.432 e. The van der Waals surface area contributed by atoms with Gasteiger partial charge in [0, 0.05) is 23.8 Å². The predicted octanol–water partition coefficient (Wildman–Crippen LogP) is 10.6. The lowest BCUT2D eigenvalue weighted by Gasteiger charge is -2.39. The molecule has 0 radical (unpaired) electrons. The van der Waals surface area contributed by atoms with Gasteiger partial charge in [-0.15, -0.1) is 0 Å². The lowest BCUT2D eigenvalue weighted by molar-refractivity contribution is 0.0432. The highest BCUT2D eigenvalue weighted by Crippen LogP contribution is 2.45. The van der Waals surface area contributed by atoms with Crippen LogP contribution in [0.5, 0.6) is 0 Å². The summed E-state index contributed by atoms with van der Waals surface area (Å²) in [6.45, 7) is 17.7.